The molecule has 0 fully saturated rings. The molecule has 0 unspecified atom stereocenters. The minimum absolute atomic E-state index is 0.392. The normalized spacial score (nSPS) is 15.5. The van der Waals surface area contributed by atoms with Gasteiger partial charge in [0, 0.05) is 11.8 Å². The lowest BCUT2D eigenvalue weighted by molar-refractivity contribution is 0.684. The van der Waals surface area contributed by atoms with Crippen LogP contribution in [0.25, 0.3) is 0 Å². The third-order valence-electron chi connectivity index (χ3n) is 3.47. The van der Waals surface area contributed by atoms with Crippen molar-refractivity contribution in [2.45, 2.75) is 38.5 Å². The quantitative estimate of drug-likeness (QED) is 0.857. The van der Waals surface area contributed by atoms with Gasteiger partial charge < -0.3 is 0 Å². The summed E-state index contributed by atoms with van der Waals surface area (Å²) in [6, 6.07) is 8.66. The van der Waals surface area contributed by atoms with E-state index in [0.717, 1.165) is 24.5 Å². The number of fused-ring (bicyclic) bond motifs is 1. The number of benzene rings is 1. The summed E-state index contributed by atoms with van der Waals surface area (Å²) < 4.78 is 0. The third-order valence-corrected chi connectivity index (χ3v) is 3.47. The predicted molar refractivity (Wildman–Crippen MR) is 67.1 cm³/mol. The number of aromatic amines is 1. The lowest BCUT2D eigenvalue weighted by Gasteiger charge is -2.03. The Morgan fingerprint density at radius 3 is 2.35 bits per heavy atom. The van der Waals surface area contributed by atoms with Gasteiger partial charge in [-0.1, -0.05) is 38.1 Å². The van der Waals surface area contributed by atoms with Crippen molar-refractivity contribution in [1.29, 1.82) is 0 Å². The van der Waals surface area contributed by atoms with E-state index in [2.05, 4.69) is 53.3 Å². The van der Waals surface area contributed by atoms with E-state index in [1.807, 2.05) is 0 Å². The Morgan fingerprint density at radius 2 is 1.82 bits per heavy atom. The molecule has 0 radical (unpaired) electrons. The number of rotatable bonds is 2. The summed E-state index contributed by atoms with van der Waals surface area (Å²) in [6.45, 7) is 4.24. The highest BCUT2D eigenvalue weighted by Gasteiger charge is 2.25. The number of aromatic nitrogens is 3. The average Bonchev–Trinajstić information content (AvgIpc) is 2.95. The molecule has 0 bridgehead atoms. The zero-order valence-electron chi connectivity index (χ0n) is 10.3. The lowest BCUT2D eigenvalue weighted by Crippen LogP contribution is -2.00. The number of nitrogens with zero attached hydrogens (tertiary/aromatic N) is 2. The first kappa shape index (κ1) is 10.5. The minimum Gasteiger partial charge on any atom is -0.263 e. The van der Waals surface area contributed by atoms with Crippen LogP contribution in [0.3, 0.4) is 0 Å². The Kier molecular flexibility index (Phi) is 2.46. The molecular formula is C14H17N3. The zero-order valence-corrected chi connectivity index (χ0v) is 10.3. The van der Waals surface area contributed by atoms with E-state index in [4.69, 9.17) is 0 Å². The molecule has 1 aliphatic carbocycles. The fourth-order valence-corrected chi connectivity index (χ4v) is 2.48. The van der Waals surface area contributed by atoms with Gasteiger partial charge >= 0.3 is 0 Å². The highest BCUT2D eigenvalue weighted by atomic mass is 15.2. The monoisotopic (exact) mass is 227 g/mol. The van der Waals surface area contributed by atoms with E-state index in [9.17, 15) is 0 Å². The van der Waals surface area contributed by atoms with Crippen molar-refractivity contribution in [2.24, 2.45) is 0 Å². The molecule has 1 N–H and O–H groups in total. The van der Waals surface area contributed by atoms with Gasteiger partial charge in [0.25, 0.3) is 0 Å². The van der Waals surface area contributed by atoms with Crippen LogP contribution in [0.2, 0.25) is 0 Å². The van der Waals surface area contributed by atoms with Crippen LogP contribution in [0.1, 0.15) is 48.5 Å². The second-order valence-electron chi connectivity index (χ2n) is 5.11. The summed E-state index contributed by atoms with van der Waals surface area (Å²) in [5.41, 5.74) is 2.92. The van der Waals surface area contributed by atoms with Crippen LogP contribution in [0, 0.1) is 0 Å². The second-order valence-corrected chi connectivity index (χ2v) is 5.11. The maximum Gasteiger partial charge on any atom is 0.153 e. The van der Waals surface area contributed by atoms with Gasteiger partial charge in [-0.05, 0) is 24.0 Å². The molecule has 3 heteroatoms. The predicted octanol–water partition coefficient (Wildman–Crippen LogP) is 2.81. The molecule has 2 aromatic rings. The smallest absolute Gasteiger partial charge is 0.153 e. The van der Waals surface area contributed by atoms with Gasteiger partial charge in [0.1, 0.15) is 5.82 Å². The molecular weight excluding hydrogens is 210 g/mol. The first-order chi connectivity index (χ1) is 8.24. The van der Waals surface area contributed by atoms with Gasteiger partial charge in [-0.15, -0.1) is 0 Å². The van der Waals surface area contributed by atoms with Gasteiger partial charge in [0.2, 0.25) is 0 Å². The molecule has 1 aromatic heterocycles. The third kappa shape index (κ3) is 1.86. The number of H-pyrrole nitrogens is 1. The highest BCUT2D eigenvalue weighted by molar-refractivity contribution is 5.34. The Labute approximate surface area is 101 Å². The Hall–Kier alpha value is -1.64. The van der Waals surface area contributed by atoms with Gasteiger partial charge in [0.05, 0.1) is 0 Å². The first-order valence-electron chi connectivity index (χ1n) is 6.23. The van der Waals surface area contributed by atoms with Gasteiger partial charge in [-0.2, -0.15) is 5.10 Å². The molecule has 0 saturated carbocycles. The standard InChI is InChI=1S/C14H17N3/c1-9(2)13-15-14(17-16-13)12-7-10-5-3-4-6-11(10)8-12/h3-6,9,12H,7-8H2,1-2H3,(H,15,16,17). The van der Waals surface area contributed by atoms with Gasteiger partial charge in [-0.25, -0.2) is 4.98 Å². The first-order valence-corrected chi connectivity index (χ1v) is 6.23. The van der Waals surface area contributed by atoms with Crippen LogP contribution in [0.4, 0.5) is 0 Å². The average molecular weight is 227 g/mol. The van der Waals surface area contributed by atoms with E-state index >= 15 is 0 Å². The van der Waals surface area contributed by atoms with Crippen molar-refractivity contribution in [3.63, 3.8) is 0 Å². The van der Waals surface area contributed by atoms with Crippen molar-refractivity contribution < 1.29 is 0 Å². The maximum atomic E-state index is 4.61. The second kappa shape index (κ2) is 3.99. The van der Waals surface area contributed by atoms with Crippen molar-refractivity contribution in [3.8, 4) is 0 Å². The lowest BCUT2D eigenvalue weighted by atomic mass is 10.1. The Bertz CT molecular complexity index is 503. The van der Waals surface area contributed by atoms with Crippen LogP contribution in [-0.2, 0) is 12.8 Å². The zero-order chi connectivity index (χ0) is 11.8. The van der Waals surface area contributed by atoms with Crippen molar-refractivity contribution in [3.05, 3.63) is 47.0 Å². The molecule has 3 rings (SSSR count). The summed E-state index contributed by atoms with van der Waals surface area (Å²) >= 11 is 0. The van der Waals surface area contributed by atoms with E-state index in [1.165, 1.54) is 11.1 Å². The summed E-state index contributed by atoms with van der Waals surface area (Å²) in [5.74, 6) is 2.84. The van der Waals surface area contributed by atoms with Crippen LogP contribution < -0.4 is 0 Å². The molecule has 0 aliphatic heterocycles. The summed E-state index contributed by atoms with van der Waals surface area (Å²) in [4.78, 5) is 4.61. The summed E-state index contributed by atoms with van der Waals surface area (Å²) in [7, 11) is 0. The summed E-state index contributed by atoms with van der Waals surface area (Å²) in [6.07, 6.45) is 2.17. The SMILES string of the molecule is CC(C)c1n[nH]c(C2Cc3ccccc3C2)n1. The molecule has 1 heterocycles. The molecule has 0 amide bonds. The number of hydrogen-bond donors (Lipinski definition) is 1. The Balaban J connectivity index is 1.84. The molecule has 3 nitrogen and oxygen atoms in total. The van der Waals surface area contributed by atoms with E-state index in [-0.39, 0.29) is 0 Å². The van der Waals surface area contributed by atoms with E-state index in [1.54, 1.807) is 0 Å². The molecule has 17 heavy (non-hydrogen) atoms. The van der Waals surface area contributed by atoms with Crippen molar-refractivity contribution in [1.82, 2.24) is 15.2 Å². The van der Waals surface area contributed by atoms with E-state index in [0.29, 0.717) is 11.8 Å². The van der Waals surface area contributed by atoms with Crippen molar-refractivity contribution in [2.75, 3.05) is 0 Å². The Morgan fingerprint density at radius 1 is 1.18 bits per heavy atom. The molecule has 0 saturated heterocycles. The maximum absolute atomic E-state index is 4.61. The largest absolute Gasteiger partial charge is 0.263 e. The molecule has 88 valence electrons. The topological polar surface area (TPSA) is 41.6 Å². The van der Waals surface area contributed by atoms with Crippen LogP contribution in [-0.4, -0.2) is 15.2 Å². The number of hydrogen-bond acceptors (Lipinski definition) is 2. The van der Waals surface area contributed by atoms with Crippen LogP contribution in [0.5, 0.6) is 0 Å². The molecule has 1 aromatic carbocycles. The fourth-order valence-electron chi connectivity index (χ4n) is 2.48. The van der Waals surface area contributed by atoms with Crippen LogP contribution >= 0.6 is 0 Å². The highest BCUT2D eigenvalue weighted by Crippen LogP contribution is 2.32. The molecule has 0 atom stereocenters. The van der Waals surface area contributed by atoms with Gasteiger partial charge in [-0.3, -0.25) is 5.10 Å². The number of nitrogens with one attached hydrogen (secondary N) is 1. The minimum atomic E-state index is 0.392. The van der Waals surface area contributed by atoms with E-state index < -0.39 is 0 Å². The molecule has 1 aliphatic rings. The van der Waals surface area contributed by atoms with Gasteiger partial charge in [0.15, 0.2) is 5.82 Å². The van der Waals surface area contributed by atoms with Crippen molar-refractivity contribution >= 4 is 0 Å². The fraction of sp³-hybridized carbons (Fsp3) is 0.429. The summed E-state index contributed by atoms with van der Waals surface area (Å²) in [5, 5.41) is 7.39. The molecule has 0 spiro atoms. The van der Waals surface area contributed by atoms with Crippen LogP contribution in [0.15, 0.2) is 24.3 Å².